The largest absolute Gasteiger partial charge is 0.480 e. The van der Waals surface area contributed by atoms with Crippen LogP contribution >= 0.6 is 11.3 Å². The van der Waals surface area contributed by atoms with Gasteiger partial charge in [0.2, 0.25) is 11.9 Å². The van der Waals surface area contributed by atoms with Gasteiger partial charge in [0.25, 0.3) is 0 Å². The third-order valence-electron chi connectivity index (χ3n) is 4.84. The van der Waals surface area contributed by atoms with Crippen molar-refractivity contribution < 1.29 is 33.0 Å². The molecule has 1 atom stereocenters. The molecule has 170 valence electrons. The Labute approximate surface area is 179 Å². The molecule has 31 heavy (non-hydrogen) atoms. The molecule has 1 aliphatic heterocycles. The summed E-state index contributed by atoms with van der Waals surface area (Å²) < 4.78 is 37.5. The van der Waals surface area contributed by atoms with Crippen LogP contribution in [0.1, 0.15) is 18.2 Å². The van der Waals surface area contributed by atoms with Gasteiger partial charge in [-0.25, -0.2) is 9.78 Å². The first-order chi connectivity index (χ1) is 14.6. The van der Waals surface area contributed by atoms with Crippen LogP contribution in [0.25, 0.3) is 10.2 Å². The molecule has 1 aliphatic rings. The van der Waals surface area contributed by atoms with Gasteiger partial charge in [0.15, 0.2) is 6.04 Å². The summed E-state index contributed by atoms with van der Waals surface area (Å²) in [5.41, 5.74) is 0. The van der Waals surface area contributed by atoms with E-state index in [4.69, 9.17) is 5.11 Å². The van der Waals surface area contributed by atoms with Crippen LogP contribution < -0.4 is 10.2 Å². The molecule has 9 nitrogen and oxygen atoms in total. The highest BCUT2D eigenvalue weighted by molar-refractivity contribution is 7.18. The van der Waals surface area contributed by atoms with Gasteiger partial charge in [0.05, 0.1) is 12.0 Å². The summed E-state index contributed by atoms with van der Waals surface area (Å²) in [5.74, 6) is -1.68. The number of fused-ring (bicyclic) bond motifs is 1. The predicted octanol–water partition coefficient (Wildman–Crippen LogP) is 1.71. The number of carboxylic acid groups (broad SMARTS) is 1. The highest BCUT2D eigenvalue weighted by atomic mass is 32.1. The Bertz CT molecular complexity index is 960. The molecular formula is C18H22F3N5O4S. The second-order valence-electron chi connectivity index (χ2n) is 7.03. The molecule has 1 amide bonds. The van der Waals surface area contributed by atoms with E-state index in [0.29, 0.717) is 10.6 Å². The number of hydrogen-bond donors (Lipinski definition) is 3. The molecule has 0 spiro atoms. The van der Waals surface area contributed by atoms with E-state index in [0.717, 1.165) is 16.7 Å². The number of halogens is 3. The number of aryl methyl sites for hydroxylation is 1. The van der Waals surface area contributed by atoms with Crippen LogP contribution in [0.15, 0.2) is 6.07 Å². The molecular weight excluding hydrogens is 439 g/mol. The van der Waals surface area contributed by atoms with Gasteiger partial charge in [-0.1, -0.05) is 6.92 Å². The molecule has 1 fully saturated rings. The Balaban J connectivity index is 1.84. The quantitative estimate of drug-likeness (QED) is 0.570. The van der Waals surface area contributed by atoms with E-state index in [1.54, 1.807) is 0 Å². The van der Waals surface area contributed by atoms with Crippen LogP contribution in [0.2, 0.25) is 0 Å². The topological polar surface area (TPSA) is 119 Å². The first-order valence-corrected chi connectivity index (χ1v) is 10.4. The summed E-state index contributed by atoms with van der Waals surface area (Å²) in [6.07, 6.45) is -5.27. The van der Waals surface area contributed by atoms with Crippen LogP contribution in [0.4, 0.5) is 24.9 Å². The molecule has 0 bridgehead atoms. The average molecular weight is 461 g/mol. The van der Waals surface area contributed by atoms with Gasteiger partial charge in [-0.05, 0) is 12.5 Å². The third kappa shape index (κ3) is 5.53. The van der Waals surface area contributed by atoms with Crippen LogP contribution in [0, 0.1) is 0 Å². The zero-order valence-corrected chi connectivity index (χ0v) is 17.5. The van der Waals surface area contributed by atoms with Gasteiger partial charge in [-0.15, -0.1) is 11.3 Å². The number of nitrogens with one attached hydrogen (secondary N) is 1. The number of carbonyl (C=O) groups is 2. The Morgan fingerprint density at radius 1 is 1.26 bits per heavy atom. The third-order valence-corrected chi connectivity index (χ3v) is 6.01. The molecule has 2 aromatic heterocycles. The molecule has 3 N–H and O–H groups in total. The fourth-order valence-electron chi connectivity index (χ4n) is 3.23. The summed E-state index contributed by atoms with van der Waals surface area (Å²) in [7, 11) is 0. The van der Waals surface area contributed by atoms with Gasteiger partial charge in [-0.3, -0.25) is 4.79 Å². The van der Waals surface area contributed by atoms with Gasteiger partial charge in [-0.2, -0.15) is 18.2 Å². The molecule has 0 radical (unpaired) electrons. The van der Waals surface area contributed by atoms with Crippen molar-refractivity contribution in [2.24, 2.45) is 0 Å². The first-order valence-electron chi connectivity index (χ1n) is 9.61. The molecule has 13 heteroatoms. The highest BCUT2D eigenvalue weighted by Gasteiger charge is 2.35. The fraction of sp³-hybridized carbons (Fsp3) is 0.556. The average Bonchev–Trinajstić information content (AvgIpc) is 3.13. The number of carbonyl (C=O) groups excluding carboxylic acids is 1. The van der Waals surface area contributed by atoms with Crippen molar-refractivity contribution in [1.29, 1.82) is 0 Å². The molecule has 0 saturated carbocycles. The van der Waals surface area contributed by atoms with Crippen molar-refractivity contribution in [2.45, 2.75) is 32.0 Å². The lowest BCUT2D eigenvalue weighted by atomic mass is 10.2. The Morgan fingerprint density at radius 3 is 2.48 bits per heavy atom. The number of nitrogens with zero attached hydrogens (tertiary/aromatic N) is 4. The van der Waals surface area contributed by atoms with E-state index in [1.165, 1.54) is 16.2 Å². The van der Waals surface area contributed by atoms with Crippen LogP contribution in [-0.2, 0) is 16.0 Å². The van der Waals surface area contributed by atoms with Gasteiger partial charge < -0.3 is 25.3 Å². The maximum atomic E-state index is 12.5. The number of aliphatic hydroxyl groups excluding tert-OH is 1. The van der Waals surface area contributed by atoms with E-state index in [-0.39, 0.29) is 32.1 Å². The number of thiophene rings is 1. The maximum Gasteiger partial charge on any atom is 0.397 e. The predicted molar refractivity (Wildman–Crippen MR) is 108 cm³/mol. The first kappa shape index (κ1) is 23.0. The number of carboxylic acids is 1. The zero-order valence-electron chi connectivity index (χ0n) is 16.6. The number of aliphatic hydroxyl groups is 1. The molecule has 1 saturated heterocycles. The van der Waals surface area contributed by atoms with Crippen molar-refractivity contribution in [3.8, 4) is 0 Å². The summed E-state index contributed by atoms with van der Waals surface area (Å²) in [6.45, 7) is 2.10. The lowest BCUT2D eigenvalue weighted by Gasteiger charge is -2.36. The monoisotopic (exact) mass is 461 g/mol. The van der Waals surface area contributed by atoms with E-state index < -0.39 is 37.1 Å². The molecule has 0 unspecified atom stereocenters. The van der Waals surface area contributed by atoms with Crippen molar-refractivity contribution >= 4 is 45.2 Å². The van der Waals surface area contributed by atoms with Crippen LogP contribution in [0.3, 0.4) is 0 Å². The standard InChI is InChI=1S/C18H22F3N5O4S/c1-2-10-7-11-14(23-17(24-15(11)31-10)22-12(9-27)16(29)30)26-5-3-25(4-6-26)13(28)8-18(19,20)21/h7,12,27H,2-6,8-9H2,1H3,(H,29,30)(H,22,23,24)/t12-/m0/s1. The SMILES string of the molecule is CCc1cc2c(N3CCN(C(=O)CC(F)(F)F)CC3)nc(N[C@@H](CO)C(=O)O)nc2s1. The van der Waals surface area contributed by atoms with Gasteiger partial charge in [0, 0.05) is 31.1 Å². The smallest absolute Gasteiger partial charge is 0.397 e. The van der Waals surface area contributed by atoms with E-state index in [9.17, 15) is 27.9 Å². The molecule has 3 rings (SSSR count). The molecule has 0 aromatic carbocycles. The lowest BCUT2D eigenvalue weighted by molar-refractivity contribution is -0.161. The minimum absolute atomic E-state index is 0.0315. The summed E-state index contributed by atoms with van der Waals surface area (Å²) >= 11 is 1.43. The van der Waals surface area contributed by atoms with Crippen molar-refractivity contribution in [2.75, 3.05) is 43.0 Å². The van der Waals surface area contributed by atoms with Crippen molar-refractivity contribution in [3.05, 3.63) is 10.9 Å². The van der Waals surface area contributed by atoms with Crippen molar-refractivity contribution in [1.82, 2.24) is 14.9 Å². The highest BCUT2D eigenvalue weighted by Crippen LogP contribution is 2.33. The van der Waals surface area contributed by atoms with E-state index in [1.807, 2.05) is 17.9 Å². The Kier molecular flexibility index (Phi) is 6.84. The summed E-state index contributed by atoms with van der Waals surface area (Å²) in [4.78, 5) is 36.6. The number of amides is 1. The molecule has 2 aromatic rings. The van der Waals surface area contributed by atoms with Crippen molar-refractivity contribution in [3.63, 3.8) is 0 Å². The molecule has 0 aliphatic carbocycles. The van der Waals surface area contributed by atoms with Gasteiger partial charge >= 0.3 is 12.1 Å². The number of anilines is 2. The normalized spacial score (nSPS) is 15.9. The fourth-order valence-corrected chi connectivity index (χ4v) is 4.19. The second kappa shape index (κ2) is 9.22. The lowest BCUT2D eigenvalue weighted by Crippen LogP contribution is -2.49. The summed E-state index contributed by atoms with van der Waals surface area (Å²) in [5, 5.41) is 21.8. The number of aliphatic carboxylic acids is 1. The number of hydrogen-bond acceptors (Lipinski definition) is 8. The Morgan fingerprint density at radius 2 is 1.94 bits per heavy atom. The number of aromatic nitrogens is 2. The van der Waals surface area contributed by atoms with E-state index in [2.05, 4.69) is 15.3 Å². The summed E-state index contributed by atoms with van der Waals surface area (Å²) in [6, 6.07) is 0.647. The van der Waals surface area contributed by atoms with Crippen LogP contribution in [0.5, 0.6) is 0 Å². The maximum absolute atomic E-state index is 12.5. The van der Waals surface area contributed by atoms with E-state index >= 15 is 0 Å². The number of alkyl halides is 3. The number of piperazine rings is 1. The minimum Gasteiger partial charge on any atom is -0.480 e. The molecule has 3 heterocycles. The van der Waals surface area contributed by atoms with Crippen LogP contribution in [-0.4, -0.2) is 82.0 Å². The Hall–Kier alpha value is -2.67. The second-order valence-corrected chi connectivity index (χ2v) is 8.15. The van der Waals surface area contributed by atoms with Gasteiger partial charge in [0.1, 0.15) is 17.1 Å². The zero-order chi connectivity index (χ0) is 22.8. The minimum atomic E-state index is -4.55. The number of rotatable bonds is 7.